The van der Waals surface area contributed by atoms with Gasteiger partial charge >= 0.3 is 0 Å². The molecule has 1 rings (SSSR count). The van der Waals surface area contributed by atoms with Crippen molar-refractivity contribution in [3.63, 3.8) is 0 Å². The van der Waals surface area contributed by atoms with E-state index in [1.165, 1.54) is 0 Å². The first-order valence-electron chi connectivity index (χ1n) is 5.50. The molecule has 1 N–H and O–H groups in total. The van der Waals surface area contributed by atoms with Gasteiger partial charge in [0.2, 0.25) is 0 Å². The summed E-state index contributed by atoms with van der Waals surface area (Å²) in [4.78, 5) is 11.7. The molecule has 0 aliphatic carbocycles. The third-order valence-electron chi connectivity index (χ3n) is 2.41. The fourth-order valence-electron chi connectivity index (χ4n) is 1.50. The van der Waals surface area contributed by atoms with E-state index >= 15 is 0 Å². The number of hydrogen-bond donors (Lipinski definition) is 1. The summed E-state index contributed by atoms with van der Waals surface area (Å²) in [6, 6.07) is 9.13. The minimum atomic E-state index is -0.488. The third kappa shape index (κ3) is 4.26. The predicted molar refractivity (Wildman–Crippen MR) is 60.9 cm³/mol. The highest BCUT2D eigenvalue weighted by atomic mass is 16.3. The Kier molecular flexibility index (Phi) is 5.05. The van der Waals surface area contributed by atoms with E-state index in [1.807, 2.05) is 18.2 Å². The van der Waals surface area contributed by atoms with Crippen molar-refractivity contribution in [3.05, 3.63) is 35.9 Å². The SMILES string of the molecule is CCCC[C@H](O)CC(=O)c1ccccc1. The van der Waals surface area contributed by atoms with Crippen molar-refractivity contribution < 1.29 is 9.90 Å². The van der Waals surface area contributed by atoms with Crippen LogP contribution in [0.5, 0.6) is 0 Å². The molecule has 1 aromatic carbocycles. The number of carbonyl (C=O) groups excluding carboxylic acids is 1. The summed E-state index contributed by atoms with van der Waals surface area (Å²) in [6.45, 7) is 2.08. The lowest BCUT2D eigenvalue weighted by Crippen LogP contribution is -2.13. The Labute approximate surface area is 90.9 Å². The summed E-state index contributed by atoms with van der Waals surface area (Å²) in [5, 5.41) is 9.59. The molecule has 0 heterocycles. The standard InChI is InChI=1S/C13H18O2/c1-2-3-9-12(14)10-13(15)11-7-5-4-6-8-11/h4-8,12,14H,2-3,9-10H2,1H3/t12-/m0/s1. The quantitative estimate of drug-likeness (QED) is 0.727. The Morgan fingerprint density at radius 1 is 1.33 bits per heavy atom. The molecule has 2 nitrogen and oxygen atoms in total. The van der Waals surface area contributed by atoms with Crippen LogP contribution >= 0.6 is 0 Å². The van der Waals surface area contributed by atoms with Crippen LogP contribution in [0.1, 0.15) is 43.0 Å². The molecule has 1 atom stereocenters. The molecular weight excluding hydrogens is 188 g/mol. The van der Waals surface area contributed by atoms with Crippen molar-refractivity contribution >= 4 is 5.78 Å². The first-order valence-corrected chi connectivity index (χ1v) is 5.50. The molecule has 0 aromatic heterocycles. The van der Waals surface area contributed by atoms with E-state index in [4.69, 9.17) is 0 Å². The molecule has 82 valence electrons. The normalized spacial score (nSPS) is 12.4. The van der Waals surface area contributed by atoms with E-state index in [-0.39, 0.29) is 12.2 Å². The van der Waals surface area contributed by atoms with Crippen molar-refractivity contribution in [2.75, 3.05) is 0 Å². The third-order valence-corrected chi connectivity index (χ3v) is 2.41. The average Bonchev–Trinajstić information content (AvgIpc) is 2.27. The van der Waals surface area contributed by atoms with Crippen LogP contribution < -0.4 is 0 Å². The summed E-state index contributed by atoms with van der Waals surface area (Å²) in [5.74, 6) is 0.0270. The highest BCUT2D eigenvalue weighted by Gasteiger charge is 2.11. The molecule has 0 saturated heterocycles. The largest absolute Gasteiger partial charge is 0.393 e. The number of aliphatic hydroxyl groups is 1. The minimum absolute atomic E-state index is 0.0270. The Morgan fingerprint density at radius 2 is 2.00 bits per heavy atom. The maximum atomic E-state index is 11.7. The zero-order chi connectivity index (χ0) is 11.1. The number of Topliss-reactive ketones (excluding diaryl/α,β-unsaturated/α-hetero) is 1. The molecular formula is C13H18O2. The Morgan fingerprint density at radius 3 is 2.60 bits per heavy atom. The summed E-state index contributed by atoms with van der Waals surface area (Å²) in [7, 11) is 0. The highest BCUT2D eigenvalue weighted by Crippen LogP contribution is 2.09. The number of ketones is 1. The van der Waals surface area contributed by atoms with Crippen LogP contribution in [-0.4, -0.2) is 17.0 Å². The van der Waals surface area contributed by atoms with Crippen molar-refractivity contribution in [2.24, 2.45) is 0 Å². The number of aliphatic hydroxyl groups excluding tert-OH is 1. The lowest BCUT2D eigenvalue weighted by molar-refractivity contribution is 0.0865. The molecule has 0 spiro atoms. The van der Waals surface area contributed by atoms with Gasteiger partial charge in [-0.1, -0.05) is 50.1 Å². The van der Waals surface area contributed by atoms with Gasteiger partial charge in [-0.15, -0.1) is 0 Å². The van der Waals surface area contributed by atoms with Crippen molar-refractivity contribution in [1.82, 2.24) is 0 Å². The van der Waals surface area contributed by atoms with Gasteiger partial charge < -0.3 is 5.11 Å². The van der Waals surface area contributed by atoms with Crippen LogP contribution in [0.3, 0.4) is 0 Å². The summed E-state index contributed by atoms with van der Waals surface area (Å²) in [5.41, 5.74) is 0.688. The maximum absolute atomic E-state index is 11.7. The van der Waals surface area contributed by atoms with Gasteiger partial charge in [-0.05, 0) is 6.42 Å². The molecule has 0 fully saturated rings. The van der Waals surface area contributed by atoms with Gasteiger partial charge in [-0.25, -0.2) is 0 Å². The molecule has 0 aliphatic heterocycles. The second-order valence-electron chi connectivity index (χ2n) is 3.79. The summed E-state index contributed by atoms with van der Waals surface area (Å²) >= 11 is 0. The Balaban J connectivity index is 2.42. The van der Waals surface area contributed by atoms with Gasteiger partial charge in [-0.2, -0.15) is 0 Å². The van der Waals surface area contributed by atoms with E-state index in [0.717, 1.165) is 19.3 Å². The van der Waals surface area contributed by atoms with E-state index in [1.54, 1.807) is 12.1 Å². The van der Waals surface area contributed by atoms with Crippen LogP contribution in [-0.2, 0) is 0 Å². The first-order chi connectivity index (χ1) is 7.24. The molecule has 0 unspecified atom stereocenters. The van der Waals surface area contributed by atoms with Crippen molar-refractivity contribution in [2.45, 2.75) is 38.7 Å². The van der Waals surface area contributed by atoms with Gasteiger partial charge in [0, 0.05) is 12.0 Å². The number of benzene rings is 1. The monoisotopic (exact) mass is 206 g/mol. The van der Waals surface area contributed by atoms with Crippen LogP contribution in [0.15, 0.2) is 30.3 Å². The van der Waals surface area contributed by atoms with Crippen LogP contribution in [0.4, 0.5) is 0 Å². The molecule has 0 amide bonds. The van der Waals surface area contributed by atoms with E-state index < -0.39 is 6.10 Å². The van der Waals surface area contributed by atoms with Crippen LogP contribution in [0, 0.1) is 0 Å². The molecule has 15 heavy (non-hydrogen) atoms. The highest BCUT2D eigenvalue weighted by molar-refractivity contribution is 5.96. The molecule has 2 heteroatoms. The van der Waals surface area contributed by atoms with Gasteiger partial charge in [0.1, 0.15) is 0 Å². The second kappa shape index (κ2) is 6.36. The zero-order valence-electron chi connectivity index (χ0n) is 9.15. The van der Waals surface area contributed by atoms with E-state index in [9.17, 15) is 9.90 Å². The smallest absolute Gasteiger partial charge is 0.165 e. The van der Waals surface area contributed by atoms with Crippen LogP contribution in [0.25, 0.3) is 0 Å². The predicted octanol–water partition coefficient (Wildman–Crippen LogP) is 2.81. The van der Waals surface area contributed by atoms with Gasteiger partial charge in [0.25, 0.3) is 0 Å². The second-order valence-corrected chi connectivity index (χ2v) is 3.79. The fourth-order valence-corrected chi connectivity index (χ4v) is 1.50. The number of rotatable bonds is 6. The fraction of sp³-hybridized carbons (Fsp3) is 0.462. The lowest BCUT2D eigenvalue weighted by Gasteiger charge is -2.08. The van der Waals surface area contributed by atoms with Crippen LogP contribution in [0.2, 0.25) is 0 Å². The van der Waals surface area contributed by atoms with Gasteiger partial charge in [0.15, 0.2) is 5.78 Å². The Bertz CT molecular complexity index is 293. The van der Waals surface area contributed by atoms with Crippen molar-refractivity contribution in [1.29, 1.82) is 0 Å². The van der Waals surface area contributed by atoms with Gasteiger partial charge in [0.05, 0.1) is 6.10 Å². The number of hydrogen-bond acceptors (Lipinski definition) is 2. The Hall–Kier alpha value is -1.15. The molecule has 0 bridgehead atoms. The van der Waals surface area contributed by atoms with E-state index in [0.29, 0.717) is 5.56 Å². The van der Waals surface area contributed by atoms with E-state index in [2.05, 4.69) is 6.92 Å². The molecule has 0 saturated carbocycles. The minimum Gasteiger partial charge on any atom is -0.393 e. The zero-order valence-corrected chi connectivity index (χ0v) is 9.15. The lowest BCUT2D eigenvalue weighted by atomic mass is 10.0. The first kappa shape index (κ1) is 11.9. The maximum Gasteiger partial charge on any atom is 0.165 e. The summed E-state index contributed by atoms with van der Waals surface area (Å²) < 4.78 is 0. The number of carbonyl (C=O) groups is 1. The average molecular weight is 206 g/mol. The molecule has 0 aliphatic rings. The topological polar surface area (TPSA) is 37.3 Å². The molecule has 0 radical (unpaired) electrons. The van der Waals surface area contributed by atoms with Crippen molar-refractivity contribution in [3.8, 4) is 0 Å². The molecule has 1 aromatic rings. The number of unbranched alkanes of at least 4 members (excludes halogenated alkanes) is 1. The summed E-state index contributed by atoms with van der Waals surface area (Å²) in [6.07, 6.45) is 2.50. The van der Waals surface area contributed by atoms with Gasteiger partial charge in [-0.3, -0.25) is 4.79 Å².